The van der Waals surface area contributed by atoms with Crippen LogP contribution in [-0.2, 0) is 0 Å². The SMILES string of the molecule is CCN(CC)C(C)CNc1ncnc2c1oc1ccccc12. The summed E-state index contributed by atoms with van der Waals surface area (Å²) in [5, 5.41) is 4.44. The van der Waals surface area contributed by atoms with E-state index in [2.05, 4.69) is 41.0 Å². The first-order valence-corrected chi connectivity index (χ1v) is 7.84. The maximum atomic E-state index is 5.93. The van der Waals surface area contributed by atoms with Crippen molar-refractivity contribution in [2.24, 2.45) is 0 Å². The molecular formula is C17H22N4O. The fourth-order valence-corrected chi connectivity index (χ4v) is 2.87. The van der Waals surface area contributed by atoms with Crippen molar-refractivity contribution in [2.75, 3.05) is 25.0 Å². The molecule has 1 atom stereocenters. The zero-order valence-corrected chi connectivity index (χ0v) is 13.3. The molecule has 0 bridgehead atoms. The summed E-state index contributed by atoms with van der Waals surface area (Å²) < 4.78 is 5.93. The predicted octanol–water partition coefficient (Wildman–Crippen LogP) is 3.52. The van der Waals surface area contributed by atoms with Gasteiger partial charge in [-0.15, -0.1) is 0 Å². The van der Waals surface area contributed by atoms with Gasteiger partial charge < -0.3 is 9.73 Å². The Morgan fingerprint density at radius 1 is 1.18 bits per heavy atom. The molecule has 5 nitrogen and oxygen atoms in total. The fraction of sp³-hybridized carbons (Fsp3) is 0.412. The maximum Gasteiger partial charge on any atom is 0.196 e. The van der Waals surface area contributed by atoms with E-state index in [1.165, 1.54) is 0 Å². The lowest BCUT2D eigenvalue weighted by Gasteiger charge is -2.26. The lowest BCUT2D eigenvalue weighted by atomic mass is 10.2. The lowest BCUT2D eigenvalue weighted by Crippen LogP contribution is -2.37. The van der Waals surface area contributed by atoms with Crippen molar-refractivity contribution in [1.82, 2.24) is 14.9 Å². The molecule has 0 fully saturated rings. The van der Waals surface area contributed by atoms with Gasteiger partial charge in [0.1, 0.15) is 17.4 Å². The normalized spacial score (nSPS) is 13.1. The number of para-hydroxylation sites is 1. The Bertz CT molecular complexity index is 764. The number of hydrogen-bond acceptors (Lipinski definition) is 5. The zero-order chi connectivity index (χ0) is 15.5. The van der Waals surface area contributed by atoms with Gasteiger partial charge in [-0.3, -0.25) is 4.90 Å². The number of likely N-dealkylation sites (N-methyl/N-ethyl adjacent to an activating group) is 1. The van der Waals surface area contributed by atoms with Gasteiger partial charge in [-0.1, -0.05) is 26.0 Å². The highest BCUT2D eigenvalue weighted by Gasteiger charge is 2.14. The van der Waals surface area contributed by atoms with Gasteiger partial charge in [0.15, 0.2) is 11.4 Å². The summed E-state index contributed by atoms with van der Waals surface area (Å²) >= 11 is 0. The second-order valence-corrected chi connectivity index (χ2v) is 5.45. The Hall–Kier alpha value is -2.14. The van der Waals surface area contributed by atoms with Crippen LogP contribution in [0.2, 0.25) is 0 Å². The van der Waals surface area contributed by atoms with Gasteiger partial charge in [-0.25, -0.2) is 9.97 Å². The maximum absolute atomic E-state index is 5.93. The van der Waals surface area contributed by atoms with E-state index in [0.717, 1.165) is 47.5 Å². The van der Waals surface area contributed by atoms with Gasteiger partial charge in [-0.2, -0.15) is 0 Å². The zero-order valence-electron chi connectivity index (χ0n) is 13.3. The summed E-state index contributed by atoms with van der Waals surface area (Å²) in [5.74, 6) is 0.764. The fourth-order valence-electron chi connectivity index (χ4n) is 2.87. The molecule has 0 aliphatic carbocycles. The minimum absolute atomic E-state index is 0.435. The van der Waals surface area contributed by atoms with Gasteiger partial charge >= 0.3 is 0 Å². The summed E-state index contributed by atoms with van der Waals surface area (Å²) in [4.78, 5) is 11.1. The predicted molar refractivity (Wildman–Crippen MR) is 90.2 cm³/mol. The summed E-state index contributed by atoms with van der Waals surface area (Å²) in [6, 6.07) is 8.38. The van der Waals surface area contributed by atoms with Crippen LogP contribution in [0.4, 0.5) is 5.82 Å². The summed E-state index contributed by atoms with van der Waals surface area (Å²) in [7, 11) is 0. The van der Waals surface area contributed by atoms with Crippen molar-refractivity contribution in [3.05, 3.63) is 30.6 Å². The van der Waals surface area contributed by atoms with Crippen LogP contribution in [0.1, 0.15) is 20.8 Å². The average molecular weight is 298 g/mol. The molecule has 3 rings (SSSR count). The van der Waals surface area contributed by atoms with Gasteiger partial charge in [0.25, 0.3) is 0 Å². The highest BCUT2D eigenvalue weighted by molar-refractivity contribution is 6.05. The molecule has 116 valence electrons. The van der Waals surface area contributed by atoms with Crippen molar-refractivity contribution >= 4 is 27.9 Å². The number of benzene rings is 1. The first-order valence-electron chi connectivity index (χ1n) is 7.84. The van der Waals surface area contributed by atoms with E-state index >= 15 is 0 Å². The summed E-state index contributed by atoms with van der Waals surface area (Å²) in [5.41, 5.74) is 2.44. The van der Waals surface area contributed by atoms with E-state index < -0.39 is 0 Å². The molecule has 22 heavy (non-hydrogen) atoms. The van der Waals surface area contributed by atoms with Gasteiger partial charge in [-0.05, 0) is 32.1 Å². The van der Waals surface area contributed by atoms with Crippen LogP contribution in [0.25, 0.3) is 22.1 Å². The van der Waals surface area contributed by atoms with Crippen molar-refractivity contribution in [3.8, 4) is 0 Å². The Labute approximate surface area is 130 Å². The molecule has 0 amide bonds. The average Bonchev–Trinajstić information content (AvgIpc) is 2.93. The van der Waals surface area contributed by atoms with Gasteiger partial charge in [0.05, 0.1) is 0 Å². The standard InChI is InChI=1S/C17H22N4O/c1-4-21(5-2)12(3)10-18-17-16-15(19-11-20-17)13-8-6-7-9-14(13)22-16/h6-9,11-12H,4-5,10H2,1-3H3,(H,18,19,20). The van der Waals surface area contributed by atoms with E-state index in [4.69, 9.17) is 4.42 Å². The third-order valence-corrected chi connectivity index (χ3v) is 4.16. The molecule has 0 aliphatic rings. The molecule has 0 saturated heterocycles. The molecule has 0 radical (unpaired) electrons. The smallest absolute Gasteiger partial charge is 0.196 e. The largest absolute Gasteiger partial charge is 0.450 e. The Morgan fingerprint density at radius 3 is 2.73 bits per heavy atom. The van der Waals surface area contributed by atoms with Crippen LogP contribution in [0.15, 0.2) is 35.0 Å². The van der Waals surface area contributed by atoms with Gasteiger partial charge in [0, 0.05) is 18.0 Å². The molecule has 5 heteroatoms. The quantitative estimate of drug-likeness (QED) is 0.754. The highest BCUT2D eigenvalue weighted by atomic mass is 16.3. The highest BCUT2D eigenvalue weighted by Crippen LogP contribution is 2.30. The molecule has 0 spiro atoms. The number of rotatable bonds is 6. The number of anilines is 1. The van der Waals surface area contributed by atoms with E-state index in [1.807, 2.05) is 24.3 Å². The van der Waals surface area contributed by atoms with Crippen LogP contribution in [0, 0.1) is 0 Å². The molecule has 0 saturated carbocycles. The van der Waals surface area contributed by atoms with E-state index in [1.54, 1.807) is 6.33 Å². The molecule has 1 unspecified atom stereocenters. The minimum atomic E-state index is 0.435. The van der Waals surface area contributed by atoms with Crippen molar-refractivity contribution < 1.29 is 4.42 Å². The van der Waals surface area contributed by atoms with Crippen molar-refractivity contribution in [1.29, 1.82) is 0 Å². The number of fused-ring (bicyclic) bond motifs is 3. The van der Waals surface area contributed by atoms with E-state index in [-0.39, 0.29) is 0 Å². The van der Waals surface area contributed by atoms with Crippen LogP contribution < -0.4 is 5.32 Å². The number of hydrogen-bond donors (Lipinski definition) is 1. The Balaban J connectivity index is 1.88. The second-order valence-electron chi connectivity index (χ2n) is 5.45. The van der Waals surface area contributed by atoms with Crippen molar-refractivity contribution in [3.63, 3.8) is 0 Å². The number of furan rings is 1. The lowest BCUT2D eigenvalue weighted by molar-refractivity contribution is 0.240. The molecule has 1 N–H and O–H groups in total. The molecule has 1 aromatic carbocycles. The third-order valence-electron chi connectivity index (χ3n) is 4.16. The van der Waals surface area contributed by atoms with Crippen LogP contribution in [0.3, 0.4) is 0 Å². The first kappa shape index (κ1) is 14.8. The number of nitrogens with one attached hydrogen (secondary N) is 1. The molecular weight excluding hydrogens is 276 g/mol. The summed E-state index contributed by atoms with van der Waals surface area (Å²) in [6.07, 6.45) is 1.59. The van der Waals surface area contributed by atoms with E-state index in [0.29, 0.717) is 6.04 Å². The molecule has 2 heterocycles. The Kier molecular flexibility index (Phi) is 4.24. The third kappa shape index (κ3) is 2.64. The number of aromatic nitrogens is 2. The topological polar surface area (TPSA) is 54.2 Å². The van der Waals surface area contributed by atoms with Gasteiger partial charge in [0.2, 0.25) is 0 Å². The monoisotopic (exact) mass is 298 g/mol. The first-order chi connectivity index (χ1) is 10.7. The Morgan fingerprint density at radius 2 is 1.95 bits per heavy atom. The molecule has 3 aromatic rings. The van der Waals surface area contributed by atoms with Crippen LogP contribution in [-0.4, -0.2) is 40.5 Å². The number of nitrogens with zero attached hydrogens (tertiary/aromatic N) is 3. The molecule has 0 aliphatic heterocycles. The van der Waals surface area contributed by atoms with Crippen molar-refractivity contribution in [2.45, 2.75) is 26.8 Å². The second kappa shape index (κ2) is 6.32. The van der Waals surface area contributed by atoms with Crippen LogP contribution in [0.5, 0.6) is 0 Å². The summed E-state index contributed by atoms with van der Waals surface area (Å²) in [6.45, 7) is 9.50. The molecule has 2 aromatic heterocycles. The van der Waals surface area contributed by atoms with Crippen LogP contribution >= 0.6 is 0 Å². The minimum Gasteiger partial charge on any atom is -0.450 e. The van der Waals surface area contributed by atoms with E-state index in [9.17, 15) is 0 Å².